The second-order valence-corrected chi connectivity index (χ2v) is 24.2. The van der Waals surface area contributed by atoms with Crippen molar-refractivity contribution >= 4 is 74.6 Å². The molecular weight excluding hydrogens is 825 g/mol. The molecule has 0 bridgehead atoms. The quantitative estimate of drug-likeness (QED) is 0.156. The van der Waals surface area contributed by atoms with Crippen LogP contribution in [0.15, 0.2) is 231 Å². The fraction of sp³-hybridized carbons (Fsp3) is 0. The number of fused-ring (bicyclic) bond motifs is 10. The van der Waals surface area contributed by atoms with Crippen molar-refractivity contribution in [3.05, 3.63) is 231 Å². The second-order valence-electron chi connectivity index (χ2n) is 16.5. The Labute approximate surface area is 367 Å². The average molecular weight is 864 g/mol. The third kappa shape index (κ3) is 5.22. The molecule has 12 aromatic rings. The number of nitrogens with zero attached hydrogens (tertiary/aromatic N) is 4. The third-order valence-corrected chi connectivity index (χ3v) is 23.1. The van der Waals surface area contributed by atoms with Crippen LogP contribution in [-0.4, -0.2) is 32.4 Å². The maximum atomic E-state index is 5.84. The zero-order valence-electron chi connectivity index (χ0n) is 34.2. The van der Waals surface area contributed by atoms with Gasteiger partial charge in [-0.1, -0.05) is 30.3 Å². The van der Waals surface area contributed by atoms with Crippen molar-refractivity contribution < 1.29 is 0 Å². The number of hydrogen-bond acceptors (Lipinski definition) is 2. The molecule has 4 heterocycles. The maximum absolute atomic E-state index is 5.84. The summed E-state index contributed by atoms with van der Waals surface area (Å²) < 4.78 is 10.1. The van der Waals surface area contributed by atoms with E-state index in [0.29, 0.717) is 0 Å². The Morgan fingerprint density at radius 3 is 1.49 bits per heavy atom. The molecule has 1 aliphatic rings. The van der Waals surface area contributed by atoms with E-state index in [1.54, 1.807) is 0 Å². The molecule has 13 rings (SSSR count). The number of rotatable bonds is 6. The van der Waals surface area contributed by atoms with E-state index in [1.165, 1.54) is 55.9 Å². The standard InChI is InChI=1S/C58H38GeN4/c1-5-20-39(21-6-1)56-55-45-30-13-16-33-48(45)59(41-23-7-2-8-24-41,42-25-9-3-10-26-42)57(55)61-58(60-56)40-22-19-29-44(38-40)63-50-35-18-15-32-47(50)54-52(63)37-36-51-53(54)46-31-14-17-34-49(46)62(51)43-27-11-4-12-28-43/h1-38H. The molecule has 0 unspecified atom stereocenters. The van der Waals surface area contributed by atoms with Crippen LogP contribution < -0.4 is 17.7 Å². The first-order valence-electron chi connectivity index (χ1n) is 21.6. The first-order chi connectivity index (χ1) is 31.3. The van der Waals surface area contributed by atoms with Crippen LogP contribution in [-0.2, 0) is 0 Å². The zero-order chi connectivity index (χ0) is 41.5. The van der Waals surface area contributed by atoms with E-state index in [4.69, 9.17) is 9.97 Å². The van der Waals surface area contributed by atoms with Crippen molar-refractivity contribution in [3.63, 3.8) is 0 Å². The van der Waals surface area contributed by atoms with Gasteiger partial charge >= 0.3 is 315 Å². The molecule has 0 aliphatic carbocycles. The molecule has 0 N–H and O–H groups in total. The Balaban J connectivity index is 1.08. The average Bonchev–Trinajstić information content (AvgIpc) is 3.99. The van der Waals surface area contributed by atoms with Crippen LogP contribution in [0.1, 0.15) is 0 Å². The molecule has 5 heteroatoms. The molecular formula is C58H38GeN4. The number of aromatic nitrogens is 4. The van der Waals surface area contributed by atoms with E-state index in [2.05, 4.69) is 240 Å². The summed E-state index contributed by atoms with van der Waals surface area (Å²) in [5, 5.41) is 4.98. The molecule has 294 valence electrons. The summed E-state index contributed by atoms with van der Waals surface area (Å²) in [6.07, 6.45) is 0. The van der Waals surface area contributed by atoms with Gasteiger partial charge in [-0.3, -0.25) is 0 Å². The van der Waals surface area contributed by atoms with Crippen molar-refractivity contribution in [1.29, 1.82) is 0 Å². The van der Waals surface area contributed by atoms with Crippen LogP contribution in [0, 0.1) is 0 Å². The van der Waals surface area contributed by atoms with Crippen LogP contribution >= 0.6 is 0 Å². The molecule has 0 fully saturated rings. The summed E-state index contributed by atoms with van der Waals surface area (Å²) in [5.41, 5.74) is 12.4. The van der Waals surface area contributed by atoms with E-state index < -0.39 is 13.3 Å². The SMILES string of the molecule is c1ccc(-c2nc(-c3cccc(-n4c5ccccc5c5c6c7ccccc7n(-c7ccccc7)c6ccc54)c3)n[c]3c2-c2cccc[c]2[Ge]3([c]2ccccc2)[c]2ccccc2)cc1. The monoisotopic (exact) mass is 864 g/mol. The van der Waals surface area contributed by atoms with Gasteiger partial charge in [-0.15, -0.1) is 0 Å². The van der Waals surface area contributed by atoms with Gasteiger partial charge in [-0.2, -0.15) is 0 Å². The van der Waals surface area contributed by atoms with Gasteiger partial charge in [0.1, 0.15) is 0 Å². The topological polar surface area (TPSA) is 35.6 Å². The van der Waals surface area contributed by atoms with E-state index in [-0.39, 0.29) is 0 Å². The summed E-state index contributed by atoms with van der Waals surface area (Å²) >= 11 is -3.71. The van der Waals surface area contributed by atoms with Crippen molar-refractivity contribution in [1.82, 2.24) is 19.1 Å². The van der Waals surface area contributed by atoms with Crippen molar-refractivity contribution in [2.75, 3.05) is 0 Å². The minimum absolute atomic E-state index is 0.734. The Morgan fingerprint density at radius 1 is 0.365 bits per heavy atom. The van der Waals surface area contributed by atoms with Crippen molar-refractivity contribution in [2.24, 2.45) is 0 Å². The van der Waals surface area contributed by atoms with Gasteiger partial charge in [-0.25, -0.2) is 0 Å². The predicted octanol–water partition coefficient (Wildman–Crippen LogP) is 11.4. The molecule has 0 atom stereocenters. The van der Waals surface area contributed by atoms with Gasteiger partial charge in [0.15, 0.2) is 0 Å². The summed E-state index contributed by atoms with van der Waals surface area (Å²) in [5.74, 6) is 0.734. The van der Waals surface area contributed by atoms with Crippen LogP contribution in [0.25, 0.3) is 88.8 Å². The van der Waals surface area contributed by atoms with Gasteiger partial charge < -0.3 is 0 Å². The van der Waals surface area contributed by atoms with Crippen LogP contribution in [0.5, 0.6) is 0 Å². The number of benzene rings is 9. The van der Waals surface area contributed by atoms with E-state index in [1.807, 2.05) is 0 Å². The van der Waals surface area contributed by atoms with E-state index in [0.717, 1.165) is 50.6 Å². The van der Waals surface area contributed by atoms with Gasteiger partial charge in [-0.05, 0) is 18.2 Å². The van der Waals surface area contributed by atoms with Crippen molar-refractivity contribution in [2.45, 2.75) is 0 Å². The van der Waals surface area contributed by atoms with Crippen LogP contribution in [0.3, 0.4) is 0 Å². The molecule has 1 aliphatic heterocycles. The summed E-state index contributed by atoms with van der Waals surface area (Å²) in [6, 6.07) is 83.9. The first kappa shape index (κ1) is 35.9. The van der Waals surface area contributed by atoms with Gasteiger partial charge in [0, 0.05) is 5.69 Å². The minimum atomic E-state index is -3.71. The fourth-order valence-electron chi connectivity index (χ4n) is 10.6. The van der Waals surface area contributed by atoms with E-state index >= 15 is 0 Å². The molecule has 0 saturated heterocycles. The molecule has 63 heavy (non-hydrogen) atoms. The van der Waals surface area contributed by atoms with Crippen molar-refractivity contribution in [3.8, 4) is 45.1 Å². The molecule has 4 nitrogen and oxygen atoms in total. The number of hydrogen-bond donors (Lipinski definition) is 0. The molecule has 0 saturated carbocycles. The van der Waals surface area contributed by atoms with Crippen LogP contribution in [0.4, 0.5) is 0 Å². The third-order valence-electron chi connectivity index (χ3n) is 13.2. The Morgan fingerprint density at radius 2 is 0.857 bits per heavy atom. The Bertz CT molecular complexity index is 3690. The normalized spacial score (nSPS) is 12.9. The molecule has 3 aromatic heterocycles. The zero-order valence-corrected chi connectivity index (χ0v) is 36.3. The summed E-state index contributed by atoms with van der Waals surface area (Å²) in [4.78, 5) is 11.4. The Kier molecular flexibility index (Phi) is 8.05. The molecule has 0 amide bonds. The summed E-state index contributed by atoms with van der Waals surface area (Å²) in [7, 11) is 0. The molecule has 0 spiro atoms. The Hall–Kier alpha value is -7.80. The summed E-state index contributed by atoms with van der Waals surface area (Å²) in [6.45, 7) is 0. The first-order valence-corrected chi connectivity index (χ1v) is 25.8. The second kappa shape index (κ2) is 14.1. The molecule has 0 radical (unpaired) electrons. The molecule has 9 aromatic carbocycles. The fourth-order valence-corrected chi connectivity index (χ4v) is 21.1. The predicted molar refractivity (Wildman–Crippen MR) is 264 cm³/mol. The van der Waals surface area contributed by atoms with Gasteiger partial charge in [0.2, 0.25) is 0 Å². The van der Waals surface area contributed by atoms with Gasteiger partial charge in [0.25, 0.3) is 0 Å². The van der Waals surface area contributed by atoms with Crippen LogP contribution in [0.2, 0.25) is 0 Å². The number of para-hydroxylation sites is 3. The van der Waals surface area contributed by atoms with E-state index in [9.17, 15) is 0 Å². The van der Waals surface area contributed by atoms with Gasteiger partial charge in [0.05, 0.1) is 0 Å².